The first-order valence-corrected chi connectivity index (χ1v) is 7.15. The van der Waals surface area contributed by atoms with Crippen molar-refractivity contribution in [2.75, 3.05) is 11.9 Å². The molecule has 0 bridgehead atoms. The highest BCUT2D eigenvalue weighted by atomic mass is 19.1. The van der Waals surface area contributed by atoms with Gasteiger partial charge in [0.15, 0.2) is 0 Å². The molecule has 0 spiro atoms. The molecule has 19 heavy (non-hydrogen) atoms. The molecule has 0 heterocycles. The number of anilines is 1. The molecular weight excluding hydrogens is 239 g/mol. The van der Waals surface area contributed by atoms with Crippen molar-refractivity contribution in [3.8, 4) is 0 Å². The van der Waals surface area contributed by atoms with E-state index in [-0.39, 0.29) is 12.4 Å². The fourth-order valence-electron chi connectivity index (χ4n) is 3.05. The van der Waals surface area contributed by atoms with Crippen molar-refractivity contribution < 1.29 is 4.39 Å². The molecule has 0 amide bonds. The second kappa shape index (κ2) is 5.49. The Labute approximate surface area is 115 Å². The number of nitrogens with zero attached hydrogens (tertiary/aromatic N) is 1. The van der Waals surface area contributed by atoms with E-state index in [1.807, 2.05) is 6.07 Å². The third-order valence-electron chi connectivity index (χ3n) is 4.53. The lowest BCUT2D eigenvalue weighted by Crippen LogP contribution is -2.37. The van der Waals surface area contributed by atoms with Gasteiger partial charge < -0.3 is 10.6 Å². The molecular formula is C16H25FN2. The molecule has 2 nitrogen and oxygen atoms in total. The Morgan fingerprint density at radius 3 is 2.53 bits per heavy atom. The third-order valence-corrected chi connectivity index (χ3v) is 4.53. The molecule has 1 fully saturated rings. The van der Waals surface area contributed by atoms with E-state index in [0.29, 0.717) is 17.0 Å². The lowest BCUT2D eigenvalue weighted by atomic mass is 9.75. The average molecular weight is 264 g/mol. The van der Waals surface area contributed by atoms with E-state index in [2.05, 4.69) is 25.8 Å². The van der Waals surface area contributed by atoms with Crippen LogP contribution in [0, 0.1) is 11.2 Å². The van der Waals surface area contributed by atoms with Crippen LogP contribution in [-0.4, -0.2) is 13.1 Å². The normalized spacial score (nSPS) is 19.4. The largest absolute Gasteiger partial charge is 0.371 e. The zero-order valence-corrected chi connectivity index (χ0v) is 12.2. The summed E-state index contributed by atoms with van der Waals surface area (Å²) in [5.41, 5.74) is 7.73. The quantitative estimate of drug-likeness (QED) is 0.902. The summed E-state index contributed by atoms with van der Waals surface area (Å²) in [5.74, 6) is -0.192. The van der Waals surface area contributed by atoms with E-state index in [1.54, 1.807) is 6.07 Å². The lowest BCUT2D eigenvalue weighted by Gasteiger charge is -2.40. The van der Waals surface area contributed by atoms with E-state index in [4.69, 9.17) is 5.73 Å². The van der Waals surface area contributed by atoms with Crippen molar-refractivity contribution in [3.63, 3.8) is 0 Å². The van der Waals surface area contributed by atoms with Crippen LogP contribution < -0.4 is 10.6 Å². The van der Waals surface area contributed by atoms with Gasteiger partial charge in [-0.1, -0.05) is 19.9 Å². The smallest absolute Gasteiger partial charge is 0.129 e. The van der Waals surface area contributed by atoms with Crippen molar-refractivity contribution in [3.05, 3.63) is 29.6 Å². The molecule has 0 aliphatic heterocycles. The van der Waals surface area contributed by atoms with Crippen molar-refractivity contribution in [2.24, 2.45) is 11.1 Å². The van der Waals surface area contributed by atoms with Crippen LogP contribution in [0.3, 0.4) is 0 Å². The molecule has 1 aliphatic rings. The second-order valence-electron chi connectivity index (χ2n) is 6.45. The molecule has 2 rings (SSSR count). The maximum atomic E-state index is 13.8. The molecule has 0 radical (unpaired) electrons. The van der Waals surface area contributed by atoms with Crippen LogP contribution in [0.15, 0.2) is 18.2 Å². The van der Waals surface area contributed by atoms with E-state index in [9.17, 15) is 4.39 Å². The summed E-state index contributed by atoms with van der Waals surface area (Å²) < 4.78 is 13.8. The summed E-state index contributed by atoms with van der Waals surface area (Å²) in [6.07, 6.45) is 4.80. The summed E-state index contributed by atoms with van der Waals surface area (Å²) in [7, 11) is 2.07. The van der Waals surface area contributed by atoms with Gasteiger partial charge >= 0.3 is 0 Å². The molecule has 2 N–H and O–H groups in total. The Bertz CT molecular complexity index is 432. The maximum absolute atomic E-state index is 13.8. The van der Waals surface area contributed by atoms with Gasteiger partial charge in [-0.2, -0.15) is 0 Å². The number of hydrogen-bond acceptors (Lipinski definition) is 2. The Morgan fingerprint density at radius 1 is 1.32 bits per heavy atom. The number of rotatable bonds is 3. The van der Waals surface area contributed by atoms with E-state index in [1.165, 1.54) is 31.7 Å². The fraction of sp³-hybridized carbons (Fsp3) is 0.625. The minimum absolute atomic E-state index is 0.192. The Hall–Kier alpha value is -1.09. The minimum atomic E-state index is -0.192. The van der Waals surface area contributed by atoms with Gasteiger partial charge in [-0.3, -0.25) is 0 Å². The molecule has 0 aromatic heterocycles. The monoisotopic (exact) mass is 264 g/mol. The Kier molecular flexibility index (Phi) is 4.14. The fourth-order valence-corrected chi connectivity index (χ4v) is 3.05. The van der Waals surface area contributed by atoms with Gasteiger partial charge in [0, 0.05) is 30.9 Å². The SMILES string of the molecule is CN(c1cccc(F)c1CN)C1CCC(C)(C)CC1. The lowest BCUT2D eigenvalue weighted by molar-refractivity contribution is 0.222. The first kappa shape index (κ1) is 14.3. The van der Waals surface area contributed by atoms with Crippen LogP contribution in [0.1, 0.15) is 45.1 Å². The zero-order valence-electron chi connectivity index (χ0n) is 12.2. The van der Waals surface area contributed by atoms with Gasteiger partial charge in [0.1, 0.15) is 5.82 Å². The molecule has 1 saturated carbocycles. The van der Waals surface area contributed by atoms with E-state index < -0.39 is 0 Å². The number of nitrogens with two attached hydrogens (primary N) is 1. The van der Waals surface area contributed by atoms with Crippen LogP contribution in [0.25, 0.3) is 0 Å². The van der Waals surface area contributed by atoms with E-state index >= 15 is 0 Å². The predicted molar refractivity (Wildman–Crippen MR) is 78.7 cm³/mol. The van der Waals surface area contributed by atoms with Gasteiger partial charge in [-0.15, -0.1) is 0 Å². The van der Waals surface area contributed by atoms with Crippen LogP contribution in [-0.2, 0) is 6.54 Å². The second-order valence-corrected chi connectivity index (χ2v) is 6.45. The highest BCUT2D eigenvalue weighted by Crippen LogP contribution is 2.38. The standard InChI is InChI=1S/C16H25FN2/c1-16(2)9-7-12(8-10-16)19(3)15-6-4-5-14(17)13(15)11-18/h4-6,12H,7-11,18H2,1-3H3. The van der Waals surface area contributed by atoms with Crippen molar-refractivity contribution >= 4 is 5.69 Å². The predicted octanol–water partition coefficient (Wildman–Crippen LogP) is 3.69. The molecule has 0 atom stereocenters. The van der Waals surface area contributed by atoms with E-state index in [0.717, 1.165) is 5.69 Å². The molecule has 3 heteroatoms. The average Bonchev–Trinajstić information content (AvgIpc) is 2.37. The topological polar surface area (TPSA) is 29.3 Å². The highest BCUT2D eigenvalue weighted by molar-refractivity contribution is 5.54. The van der Waals surface area contributed by atoms with Crippen molar-refractivity contribution in [1.29, 1.82) is 0 Å². The van der Waals surface area contributed by atoms with Crippen LogP contribution in [0.5, 0.6) is 0 Å². The first-order valence-electron chi connectivity index (χ1n) is 7.15. The molecule has 106 valence electrons. The van der Waals surface area contributed by atoms with Gasteiger partial charge in [0.2, 0.25) is 0 Å². The van der Waals surface area contributed by atoms with Crippen molar-refractivity contribution in [1.82, 2.24) is 0 Å². The summed E-state index contributed by atoms with van der Waals surface area (Å²) >= 11 is 0. The Balaban J connectivity index is 2.16. The molecule has 1 aliphatic carbocycles. The number of benzene rings is 1. The molecule has 0 saturated heterocycles. The molecule has 1 aromatic carbocycles. The molecule has 0 unspecified atom stereocenters. The summed E-state index contributed by atoms with van der Waals surface area (Å²) in [6.45, 7) is 4.91. The summed E-state index contributed by atoms with van der Waals surface area (Å²) in [5, 5.41) is 0. The van der Waals surface area contributed by atoms with Gasteiger partial charge in [0.25, 0.3) is 0 Å². The zero-order chi connectivity index (χ0) is 14.0. The van der Waals surface area contributed by atoms with Gasteiger partial charge in [-0.25, -0.2) is 4.39 Å². The van der Waals surface area contributed by atoms with Crippen LogP contribution in [0.4, 0.5) is 10.1 Å². The number of halogens is 1. The maximum Gasteiger partial charge on any atom is 0.129 e. The van der Waals surface area contributed by atoms with Crippen molar-refractivity contribution in [2.45, 2.75) is 52.1 Å². The van der Waals surface area contributed by atoms with Crippen LogP contribution in [0.2, 0.25) is 0 Å². The van der Waals surface area contributed by atoms with Gasteiger partial charge in [0.05, 0.1) is 0 Å². The summed E-state index contributed by atoms with van der Waals surface area (Å²) in [6, 6.07) is 5.74. The van der Waals surface area contributed by atoms with Gasteiger partial charge in [-0.05, 0) is 43.2 Å². The summed E-state index contributed by atoms with van der Waals surface area (Å²) in [4.78, 5) is 2.22. The minimum Gasteiger partial charge on any atom is -0.371 e. The highest BCUT2D eigenvalue weighted by Gasteiger charge is 2.29. The first-order chi connectivity index (χ1) is 8.94. The molecule has 1 aromatic rings. The third kappa shape index (κ3) is 3.08. The Morgan fingerprint density at radius 2 is 1.95 bits per heavy atom. The number of hydrogen-bond donors (Lipinski definition) is 1. The van der Waals surface area contributed by atoms with Crippen LogP contribution >= 0.6 is 0 Å².